The van der Waals surface area contributed by atoms with Crippen molar-refractivity contribution in [2.24, 2.45) is 11.3 Å². The number of carboxylic acid groups (broad SMARTS) is 1. The summed E-state index contributed by atoms with van der Waals surface area (Å²) in [6.07, 6.45) is 8.00. The summed E-state index contributed by atoms with van der Waals surface area (Å²) in [4.78, 5) is 26.0. The predicted octanol–water partition coefficient (Wildman–Crippen LogP) is 6.03. The van der Waals surface area contributed by atoms with Gasteiger partial charge in [0.05, 0.1) is 5.92 Å². The maximum absolute atomic E-state index is 13.8. The number of carbonyl (C=O) groups is 2. The number of hydrogen-bond donors (Lipinski definition) is 1. The molecule has 1 saturated carbocycles. The minimum absolute atomic E-state index is 0.0797. The molecular weight excluding hydrogens is 324 g/mol. The fourth-order valence-corrected chi connectivity index (χ4v) is 4.94. The smallest absolute Gasteiger partial charge is 0.307 e. The second-order valence-electron chi connectivity index (χ2n) is 8.21. The monoisotopic (exact) mass is 358 g/mol. The Balaban J connectivity index is 2.48. The number of unbranched alkanes of at least 4 members (excludes halogenated alkanes) is 2. The Labute approximate surface area is 158 Å². The molecule has 1 fully saturated rings. The number of hydrogen-bond acceptors (Lipinski definition) is 2. The van der Waals surface area contributed by atoms with E-state index in [2.05, 4.69) is 6.92 Å². The van der Waals surface area contributed by atoms with Crippen LogP contribution in [0.3, 0.4) is 0 Å². The van der Waals surface area contributed by atoms with E-state index in [1.165, 1.54) is 0 Å². The van der Waals surface area contributed by atoms with Gasteiger partial charge in [-0.25, -0.2) is 0 Å². The Kier molecular flexibility index (Phi) is 7.02. The van der Waals surface area contributed by atoms with Crippen molar-refractivity contribution >= 4 is 11.8 Å². The second-order valence-corrected chi connectivity index (χ2v) is 8.21. The van der Waals surface area contributed by atoms with E-state index in [0.717, 1.165) is 60.8 Å². The van der Waals surface area contributed by atoms with Crippen molar-refractivity contribution in [3.63, 3.8) is 0 Å². The lowest BCUT2D eigenvalue weighted by Gasteiger charge is -2.41. The Hall–Kier alpha value is -1.64. The van der Waals surface area contributed by atoms with Gasteiger partial charge in [-0.3, -0.25) is 9.59 Å². The van der Waals surface area contributed by atoms with Crippen molar-refractivity contribution in [2.75, 3.05) is 0 Å². The van der Waals surface area contributed by atoms with Gasteiger partial charge < -0.3 is 5.11 Å². The Bertz CT molecular complexity index is 630. The SMILES string of the molecule is CCCCCC(C(=O)O)C1(C(=O)c2c(C)cc(C)cc2C)CCCCC1. The van der Waals surface area contributed by atoms with Gasteiger partial charge in [0.25, 0.3) is 0 Å². The van der Waals surface area contributed by atoms with Crippen LogP contribution in [0.5, 0.6) is 0 Å². The lowest BCUT2D eigenvalue weighted by Crippen LogP contribution is -2.44. The maximum atomic E-state index is 13.8. The highest BCUT2D eigenvalue weighted by molar-refractivity contribution is 6.05. The van der Waals surface area contributed by atoms with E-state index in [1.807, 2.05) is 32.9 Å². The Morgan fingerprint density at radius 1 is 1.04 bits per heavy atom. The summed E-state index contributed by atoms with van der Waals surface area (Å²) in [5.41, 5.74) is 3.14. The van der Waals surface area contributed by atoms with Gasteiger partial charge in [-0.1, -0.05) is 63.1 Å². The van der Waals surface area contributed by atoms with E-state index in [4.69, 9.17) is 0 Å². The summed E-state index contributed by atoms with van der Waals surface area (Å²) >= 11 is 0. The minimum Gasteiger partial charge on any atom is -0.481 e. The maximum Gasteiger partial charge on any atom is 0.307 e. The van der Waals surface area contributed by atoms with Crippen molar-refractivity contribution in [3.8, 4) is 0 Å². The number of carbonyl (C=O) groups excluding carboxylic acids is 1. The first-order valence-electron chi connectivity index (χ1n) is 10.2. The van der Waals surface area contributed by atoms with Gasteiger partial charge in [0.1, 0.15) is 0 Å². The molecule has 0 bridgehead atoms. The van der Waals surface area contributed by atoms with Crippen LogP contribution in [0.4, 0.5) is 0 Å². The number of ketones is 1. The van der Waals surface area contributed by atoms with Crippen LogP contribution in [0.15, 0.2) is 12.1 Å². The molecule has 1 aromatic carbocycles. The average molecular weight is 359 g/mol. The van der Waals surface area contributed by atoms with E-state index in [9.17, 15) is 14.7 Å². The highest BCUT2D eigenvalue weighted by atomic mass is 16.4. The molecule has 144 valence electrons. The van der Waals surface area contributed by atoms with Crippen LogP contribution in [0.25, 0.3) is 0 Å². The zero-order valence-electron chi connectivity index (χ0n) is 16.9. The third kappa shape index (κ3) is 4.19. The fraction of sp³-hybridized carbons (Fsp3) is 0.652. The summed E-state index contributed by atoms with van der Waals surface area (Å²) in [5.74, 6) is -1.28. The summed E-state index contributed by atoms with van der Waals surface area (Å²) in [6, 6.07) is 4.09. The van der Waals surface area contributed by atoms with Gasteiger partial charge in [0, 0.05) is 11.0 Å². The zero-order chi connectivity index (χ0) is 19.3. The van der Waals surface area contributed by atoms with E-state index in [0.29, 0.717) is 19.3 Å². The number of rotatable bonds is 8. The summed E-state index contributed by atoms with van der Waals surface area (Å²) < 4.78 is 0. The zero-order valence-corrected chi connectivity index (χ0v) is 16.9. The third-order valence-electron chi connectivity index (χ3n) is 6.16. The molecule has 0 aromatic heterocycles. The van der Waals surface area contributed by atoms with Crippen LogP contribution in [0.1, 0.15) is 91.8 Å². The highest BCUT2D eigenvalue weighted by Crippen LogP contribution is 2.48. The third-order valence-corrected chi connectivity index (χ3v) is 6.16. The summed E-state index contributed by atoms with van der Waals surface area (Å²) in [5, 5.41) is 10.0. The molecule has 0 radical (unpaired) electrons. The lowest BCUT2D eigenvalue weighted by molar-refractivity contribution is -0.146. The molecule has 0 amide bonds. The van der Waals surface area contributed by atoms with Gasteiger partial charge in [-0.05, 0) is 51.2 Å². The first kappa shape index (κ1) is 20.7. The first-order valence-corrected chi connectivity index (χ1v) is 10.2. The van der Waals surface area contributed by atoms with Crippen LogP contribution >= 0.6 is 0 Å². The van der Waals surface area contributed by atoms with Crippen LogP contribution in [-0.4, -0.2) is 16.9 Å². The Morgan fingerprint density at radius 2 is 1.62 bits per heavy atom. The van der Waals surface area contributed by atoms with Crippen molar-refractivity contribution in [1.82, 2.24) is 0 Å². The van der Waals surface area contributed by atoms with Gasteiger partial charge in [-0.2, -0.15) is 0 Å². The van der Waals surface area contributed by atoms with Gasteiger partial charge in [0.15, 0.2) is 5.78 Å². The molecule has 3 heteroatoms. The molecule has 1 N–H and O–H groups in total. The van der Waals surface area contributed by atoms with Crippen molar-refractivity contribution in [2.45, 2.75) is 85.5 Å². The van der Waals surface area contributed by atoms with Crippen LogP contribution in [0.2, 0.25) is 0 Å². The quantitative estimate of drug-likeness (QED) is 0.456. The first-order chi connectivity index (χ1) is 12.3. The molecule has 0 spiro atoms. The molecule has 0 aliphatic heterocycles. The van der Waals surface area contributed by atoms with E-state index in [-0.39, 0.29) is 5.78 Å². The molecule has 3 nitrogen and oxygen atoms in total. The molecule has 1 aliphatic carbocycles. The van der Waals surface area contributed by atoms with Crippen molar-refractivity contribution in [3.05, 3.63) is 34.4 Å². The molecule has 2 rings (SSSR count). The topological polar surface area (TPSA) is 54.4 Å². The van der Waals surface area contributed by atoms with Gasteiger partial charge in [-0.15, -0.1) is 0 Å². The van der Waals surface area contributed by atoms with Gasteiger partial charge in [0.2, 0.25) is 0 Å². The molecule has 0 heterocycles. The summed E-state index contributed by atoms with van der Waals surface area (Å²) in [7, 11) is 0. The normalized spacial score (nSPS) is 17.7. The number of Topliss-reactive ketones (excluding diaryl/α,β-unsaturated/α-hetero) is 1. The second kappa shape index (κ2) is 8.83. The fourth-order valence-electron chi connectivity index (χ4n) is 4.94. The molecule has 1 aromatic rings. The van der Waals surface area contributed by atoms with Crippen molar-refractivity contribution < 1.29 is 14.7 Å². The number of aliphatic carboxylic acids is 1. The largest absolute Gasteiger partial charge is 0.481 e. The van der Waals surface area contributed by atoms with Gasteiger partial charge >= 0.3 is 5.97 Å². The van der Waals surface area contributed by atoms with Crippen LogP contribution < -0.4 is 0 Å². The number of carboxylic acids is 1. The lowest BCUT2D eigenvalue weighted by atomic mass is 9.60. The van der Waals surface area contributed by atoms with Crippen molar-refractivity contribution in [1.29, 1.82) is 0 Å². The van der Waals surface area contributed by atoms with Crippen LogP contribution in [-0.2, 0) is 4.79 Å². The molecule has 1 unspecified atom stereocenters. The van der Waals surface area contributed by atoms with E-state index >= 15 is 0 Å². The van der Waals surface area contributed by atoms with Crippen LogP contribution in [0, 0.1) is 32.1 Å². The van der Waals surface area contributed by atoms with E-state index < -0.39 is 17.3 Å². The molecule has 0 saturated heterocycles. The number of aryl methyl sites for hydroxylation is 3. The molecular formula is C23H34O3. The molecule has 1 atom stereocenters. The number of benzene rings is 1. The standard InChI is InChI=1S/C23H34O3/c1-5-6-8-11-19(22(25)26)23(12-9-7-10-13-23)21(24)20-17(3)14-16(2)15-18(20)4/h14-15,19H,5-13H2,1-4H3,(H,25,26). The predicted molar refractivity (Wildman–Crippen MR) is 106 cm³/mol. The Morgan fingerprint density at radius 3 is 2.12 bits per heavy atom. The summed E-state index contributed by atoms with van der Waals surface area (Å²) in [6.45, 7) is 8.12. The molecule has 26 heavy (non-hydrogen) atoms. The average Bonchev–Trinajstić information content (AvgIpc) is 2.58. The molecule has 1 aliphatic rings. The highest BCUT2D eigenvalue weighted by Gasteiger charge is 2.49. The van der Waals surface area contributed by atoms with E-state index in [1.54, 1.807) is 0 Å². The minimum atomic E-state index is -0.793.